The molecule has 3 unspecified atom stereocenters. The van der Waals surface area contributed by atoms with Crippen LogP contribution in [0.2, 0.25) is 0 Å². The van der Waals surface area contributed by atoms with Gasteiger partial charge in [-0.15, -0.1) is 0 Å². The van der Waals surface area contributed by atoms with E-state index in [9.17, 15) is 31.9 Å². The number of Topliss-reactive ketones (excluding diaryl/α,β-unsaturated/α-hetero) is 1. The molecule has 0 aromatic carbocycles. The summed E-state index contributed by atoms with van der Waals surface area (Å²) in [6.45, 7) is 0.803. The summed E-state index contributed by atoms with van der Waals surface area (Å²) in [6, 6.07) is -2.77. The zero-order chi connectivity index (χ0) is 24.4. The Morgan fingerprint density at radius 1 is 1.13 bits per heavy atom. The molecule has 4 atom stereocenters. The first-order chi connectivity index (χ1) is 14.2. The lowest BCUT2D eigenvalue weighted by Crippen LogP contribution is -2.54. The molecule has 0 spiro atoms. The predicted octanol–water partition coefficient (Wildman–Crippen LogP) is 0.538. The van der Waals surface area contributed by atoms with Crippen molar-refractivity contribution in [3.63, 3.8) is 0 Å². The summed E-state index contributed by atoms with van der Waals surface area (Å²) in [5.41, 5.74) is 4.72. The maximum Gasteiger partial charge on any atom is 0.345 e. The van der Waals surface area contributed by atoms with Crippen molar-refractivity contribution in [1.82, 2.24) is 10.6 Å². The van der Waals surface area contributed by atoms with Gasteiger partial charge >= 0.3 is 13.2 Å². The number of nitrogens with one attached hydrogen (secondary N) is 2. The molecule has 13 heteroatoms. The van der Waals surface area contributed by atoms with Gasteiger partial charge < -0.3 is 30.9 Å². The van der Waals surface area contributed by atoms with Gasteiger partial charge in [0.05, 0.1) is 25.3 Å². The number of carbonyl (C=O) groups is 3. The molecule has 0 saturated carbocycles. The number of rotatable bonds is 12. The van der Waals surface area contributed by atoms with Crippen LogP contribution in [0, 0.1) is 5.92 Å². The molecule has 5 N–H and O–H groups in total. The van der Waals surface area contributed by atoms with Gasteiger partial charge in [0.2, 0.25) is 11.8 Å². The van der Waals surface area contributed by atoms with Crippen LogP contribution in [-0.4, -0.2) is 72.9 Å². The number of hydrogen-bond donors (Lipinski definition) is 4. The molecule has 0 aromatic heterocycles. The Balaban J connectivity index is 0.00000206. The van der Waals surface area contributed by atoms with E-state index in [0.717, 1.165) is 0 Å². The number of alkyl halides is 4. The van der Waals surface area contributed by atoms with E-state index in [-0.39, 0.29) is 24.7 Å². The second-order valence-electron chi connectivity index (χ2n) is 7.61. The Hall–Kier alpha value is -1.83. The monoisotopic (exact) mass is 461 g/mol. The molecule has 0 bridgehead atoms. The minimum atomic E-state index is -3.17. The first-order valence-corrected chi connectivity index (χ1v) is 9.60. The molecule has 0 aliphatic carbocycles. The fourth-order valence-corrected chi connectivity index (χ4v) is 2.42. The third-order valence-corrected chi connectivity index (χ3v) is 4.20. The summed E-state index contributed by atoms with van der Waals surface area (Å²) >= 11 is 0. The first-order valence-electron chi connectivity index (χ1n) is 9.60. The van der Waals surface area contributed by atoms with Crippen LogP contribution in [0.1, 0.15) is 40.5 Å². The number of aliphatic hydroxyl groups excluding tert-OH is 1. The minimum absolute atomic E-state index is 0.116. The molecule has 9 nitrogen and oxygen atoms in total. The number of ether oxygens (including phenoxy) is 2. The number of carbonyl (C=O) groups excluding carboxylic acids is 3. The van der Waals surface area contributed by atoms with Crippen molar-refractivity contribution in [3.05, 3.63) is 0 Å². The normalized spacial score (nSPS) is 20.5. The molecule has 1 heterocycles. The van der Waals surface area contributed by atoms with Crippen molar-refractivity contribution in [3.8, 4) is 0 Å². The smallest absolute Gasteiger partial charge is 0.345 e. The number of nitrogens with two attached hydrogens (primary N) is 1. The third kappa shape index (κ3) is 12.6. The Labute approximate surface area is 178 Å². The van der Waals surface area contributed by atoms with Gasteiger partial charge in [0.25, 0.3) is 0 Å². The van der Waals surface area contributed by atoms with Crippen molar-refractivity contribution >= 4 is 17.6 Å². The summed E-state index contributed by atoms with van der Waals surface area (Å²) in [6.07, 6.45) is 0.323. The quantitative estimate of drug-likeness (QED) is 0.245. The van der Waals surface area contributed by atoms with Crippen LogP contribution < -0.4 is 16.4 Å². The van der Waals surface area contributed by atoms with E-state index in [1.54, 1.807) is 6.92 Å². The molecular formula is C18H31F4N3O6. The van der Waals surface area contributed by atoms with E-state index >= 15 is 0 Å². The van der Waals surface area contributed by atoms with Gasteiger partial charge in [0.1, 0.15) is 11.6 Å². The van der Waals surface area contributed by atoms with E-state index < -0.39 is 48.8 Å². The van der Waals surface area contributed by atoms with E-state index in [4.69, 9.17) is 15.6 Å². The largest absolute Gasteiger partial charge is 0.361 e. The van der Waals surface area contributed by atoms with E-state index in [0.29, 0.717) is 13.0 Å². The zero-order valence-electron chi connectivity index (χ0n) is 17.9. The molecular weight excluding hydrogens is 430 g/mol. The lowest BCUT2D eigenvalue weighted by atomic mass is 9.93. The highest BCUT2D eigenvalue weighted by atomic mass is 19.3. The van der Waals surface area contributed by atoms with Gasteiger partial charge in [-0.2, -0.15) is 17.6 Å². The molecule has 1 rings (SSSR count). The van der Waals surface area contributed by atoms with Gasteiger partial charge in [-0.1, -0.05) is 13.8 Å². The fraction of sp³-hybridized carbons (Fsp3) is 0.833. The van der Waals surface area contributed by atoms with Crippen LogP contribution >= 0.6 is 0 Å². The van der Waals surface area contributed by atoms with E-state index in [1.807, 2.05) is 13.8 Å². The average Bonchev–Trinajstić information content (AvgIpc) is 3.37. The summed E-state index contributed by atoms with van der Waals surface area (Å²) in [5.74, 6) is -1.25. The van der Waals surface area contributed by atoms with Crippen molar-refractivity contribution < 1.29 is 46.5 Å². The topological polar surface area (TPSA) is 143 Å². The molecule has 1 aliphatic heterocycles. The highest BCUT2D eigenvalue weighted by Crippen LogP contribution is 2.29. The van der Waals surface area contributed by atoms with Crippen LogP contribution in [0.3, 0.4) is 0 Å². The number of amides is 2. The van der Waals surface area contributed by atoms with Crippen LogP contribution in [0.15, 0.2) is 0 Å². The molecule has 1 saturated heterocycles. The highest BCUT2D eigenvalue weighted by molar-refractivity contribution is 5.98. The lowest BCUT2D eigenvalue weighted by Gasteiger charge is -2.24. The summed E-state index contributed by atoms with van der Waals surface area (Å²) in [4.78, 5) is 36.8. The standard InChI is InChI=1S/C17H29F2N3O5.CH2F2O/c1-9(2)7-12(13(23)17(4)8-27-17)22-14(24)10(3)21-15(25)11(20)5-6-26-16(18)19;2-1(3)4/h9-12,16H,5-8,20H2,1-4H3,(H,21,25)(H,22,24);1,4H/t10-,11?,12?,17?;/m0./s1. The van der Waals surface area contributed by atoms with Crippen LogP contribution in [0.5, 0.6) is 0 Å². The highest BCUT2D eigenvalue weighted by Gasteiger charge is 2.50. The molecule has 1 fully saturated rings. The van der Waals surface area contributed by atoms with Gasteiger partial charge in [0.15, 0.2) is 5.78 Å². The summed E-state index contributed by atoms with van der Waals surface area (Å²) < 4.78 is 52.8. The van der Waals surface area contributed by atoms with Crippen molar-refractivity contribution in [1.29, 1.82) is 0 Å². The lowest BCUT2D eigenvalue weighted by molar-refractivity contribution is -0.136. The Bertz CT molecular complexity index is 588. The van der Waals surface area contributed by atoms with Crippen molar-refractivity contribution in [2.24, 2.45) is 11.7 Å². The van der Waals surface area contributed by atoms with E-state index in [2.05, 4.69) is 15.4 Å². The molecule has 1 aliphatic rings. The Morgan fingerprint density at radius 2 is 1.65 bits per heavy atom. The van der Waals surface area contributed by atoms with Crippen LogP contribution in [-0.2, 0) is 23.9 Å². The number of halogens is 4. The van der Waals surface area contributed by atoms with Crippen molar-refractivity contribution in [2.45, 2.75) is 77.5 Å². The predicted molar refractivity (Wildman–Crippen MR) is 101 cm³/mol. The molecule has 2 amide bonds. The maximum absolute atomic E-state index is 12.5. The molecule has 31 heavy (non-hydrogen) atoms. The number of hydrogen-bond acceptors (Lipinski definition) is 7. The van der Waals surface area contributed by atoms with Gasteiger partial charge in [-0.25, -0.2) is 0 Å². The first kappa shape index (κ1) is 29.2. The number of epoxide rings is 1. The van der Waals surface area contributed by atoms with Gasteiger partial charge in [-0.05, 0) is 32.6 Å². The fourth-order valence-electron chi connectivity index (χ4n) is 2.42. The van der Waals surface area contributed by atoms with Gasteiger partial charge in [0, 0.05) is 0 Å². The van der Waals surface area contributed by atoms with E-state index in [1.165, 1.54) is 6.92 Å². The van der Waals surface area contributed by atoms with Crippen LogP contribution in [0.4, 0.5) is 17.6 Å². The summed E-state index contributed by atoms with van der Waals surface area (Å²) in [7, 11) is 0. The zero-order valence-corrected chi connectivity index (χ0v) is 17.9. The molecule has 0 aromatic rings. The molecule has 0 radical (unpaired) electrons. The molecule has 182 valence electrons. The Morgan fingerprint density at radius 3 is 2.06 bits per heavy atom. The second kappa shape index (κ2) is 13.6. The second-order valence-corrected chi connectivity index (χ2v) is 7.61. The average molecular weight is 461 g/mol. The maximum atomic E-state index is 12.5. The number of aliphatic hydroxyl groups is 1. The SMILES string of the molecule is CC(C)CC(NC(=O)[C@H](C)NC(=O)C(N)CCOC(F)F)C(=O)C1(C)CO1.OC(F)F. The van der Waals surface area contributed by atoms with Gasteiger partial charge in [-0.3, -0.25) is 14.4 Å². The third-order valence-electron chi connectivity index (χ3n) is 4.20. The van der Waals surface area contributed by atoms with Crippen molar-refractivity contribution in [2.75, 3.05) is 13.2 Å². The summed E-state index contributed by atoms with van der Waals surface area (Å²) in [5, 5.41) is 11.8. The Kier molecular flexibility index (Phi) is 12.8. The van der Waals surface area contributed by atoms with Crippen LogP contribution in [0.25, 0.3) is 0 Å². The minimum Gasteiger partial charge on any atom is -0.361 e. The number of ketones is 1.